The Labute approximate surface area is 210 Å². The predicted octanol–water partition coefficient (Wildman–Crippen LogP) is 4.23. The van der Waals surface area contributed by atoms with Crippen molar-refractivity contribution in [3.8, 4) is 11.5 Å². The van der Waals surface area contributed by atoms with Crippen molar-refractivity contribution in [1.82, 2.24) is 19.5 Å². The van der Waals surface area contributed by atoms with E-state index < -0.39 is 10.0 Å². The Bertz CT molecular complexity index is 1410. The molecule has 1 saturated heterocycles. The molecule has 2 aromatic heterocycles. The molecule has 0 saturated carbocycles. The highest BCUT2D eigenvalue weighted by molar-refractivity contribution is 7.89. The topological polar surface area (TPSA) is 101 Å². The first-order valence-electron chi connectivity index (χ1n) is 11.6. The number of para-hydroxylation sites is 1. The number of piperazine rings is 1. The van der Waals surface area contributed by atoms with Crippen molar-refractivity contribution in [1.29, 1.82) is 0 Å². The van der Waals surface area contributed by atoms with Gasteiger partial charge in [0.25, 0.3) is 0 Å². The van der Waals surface area contributed by atoms with Crippen molar-refractivity contribution in [2.45, 2.75) is 11.8 Å². The molecule has 1 N–H and O–H groups in total. The second-order valence-electron chi connectivity index (χ2n) is 8.40. The summed E-state index contributed by atoms with van der Waals surface area (Å²) in [6.07, 6.45) is 1.74. The van der Waals surface area contributed by atoms with Gasteiger partial charge in [-0.25, -0.2) is 13.4 Å². The maximum Gasteiger partial charge on any atom is 0.243 e. The molecule has 9 nitrogen and oxygen atoms in total. The first-order valence-corrected chi connectivity index (χ1v) is 13.0. The molecule has 1 fully saturated rings. The Morgan fingerprint density at radius 2 is 1.53 bits per heavy atom. The van der Waals surface area contributed by atoms with Gasteiger partial charge in [0, 0.05) is 32.4 Å². The molecule has 10 heteroatoms. The highest BCUT2D eigenvalue weighted by atomic mass is 32.2. The number of hydrogen-bond donors (Lipinski definition) is 1. The van der Waals surface area contributed by atoms with Crippen LogP contribution in [0.15, 0.2) is 90.0 Å². The van der Waals surface area contributed by atoms with Crippen LogP contribution in [0.25, 0.3) is 0 Å². The monoisotopic (exact) mass is 502 g/mol. The minimum absolute atomic E-state index is 0.247. The molecule has 0 unspecified atom stereocenters. The number of nitrogens with zero attached hydrogens (tertiary/aromatic N) is 5. The fourth-order valence-corrected chi connectivity index (χ4v) is 5.33. The van der Waals surface area contributed by atoms with Gasteiger partial charge < -0.3 is 15.0 Å². The molecule has 5 rings (SSSR count). The number of aromatic nitrogens is 3. The van der Waals surface area contributed by atoms with E-state index in [1.807, 2.05) is 66.4 Å². The molecule has 184 valence electrons. The van der Waals surface area contributed by atoms with E-state index in [1.165, 1.54) is 4.31 Å². The highest BCUT2D eigenvalue weighted by Crippen LogP contribution is 2.25. The molecule has 0 bridgehead atoms. The van der Waals surface area contributed by atoms with Crippen molar-refractivity contribution in [3.05, 3.63) is 90.6 Å². The summed E-state index contributed by atoms with van der Waals surface area (Å²) in [5, 5.41) is 11.7. The van der Waals surface area contributed by atoms with E-state index in [-0.39, 0.29) is 4.90 Å². The number of benzene rings is 2. The molecule has 0 atom stereocenters. The maximum absolute atomic E-state index is 13.2. The molecular formula is C26H26N6O3S. The lowest BCUT2D eigenvalue weighted by atomic mass is 10.3. The summed E-state index contributed by atoms with van der Waals surface area (Å²) in [6, 6.07) is 23.5. The molecule has 0 aliphatic carbocycles. The summed E-state index contributed by atoms with van der Waals surface area (Å²) in [5.74, 6) is 3.29. The van der Waals surface area contributed by atoms with Crippen LogP contribution in [-0.2, 0) is 10.0 Å². The average Bonchev–Trinajstić information content (AvgIpc) is 2.90. The summed E-state index contributed by atoms with van der Waals surface area (Å²) < 4.78 is 33.6. The van der Waals surface area contributed by atoms with Crippen molar-refractivity contribution < 1.29 is 13.2 Å². The van der Waals surface area contributed by atoms with Crippen molar-refractivity contribution >= 4 is 27.5 Å². The van der Waals surface area contributed by atoms with Crippen molar-refractivity contribution in [3.63, 3.8) is 0 Å². The molecule has 0 radical (unpaired) electrons. The fourth-order valence-electron chi connectivity index (χ4n) is 3.91. The number of aryl methyl sites for hydroxylation is 1. The van der Waals surface area contributed by atoms with Crippen LogP contribution in [0.5, 0.6) is 11.5 Å². The normalized spacial score (nSPS) is 14.4. The van der Waals surface area contributed by atoms with Gasteiger partial charge in [-0.1, -0.05) is 18.2 Å². The van der Waals surface area contributed by atoms with Gasteiger partial charge in [-0.15, -0.1) is 10.2 Å². The van der Waals surface area contributed by atoms with Crippen LogP contribution in [0.2, 0.25) is 0 Å². The zero-order chi connectivity index (χ0) is 25.0. The zero-order valence-corrected chi connectivity index (χ0v) is 20.6. The van der Waals surface area contributed by atoms with E-state index in [4.69, 9.17) is 4.74 Å². The molecule has 1 aliphatic rings. The van der Waals surface area contributed by atoms with Crippen LogP contribution in [0, 0.1) is 6.92 Å². The van der Waals surface area contributed by atoms with Crippen LogP contribution >= 0.6 is 0 Å². The minimum atomic E-state index is -3.60. The van der Waals surface area contributed by atoms with Gasteiger partial charge in [0.2, 0.25) is 10.0 Å². The fraction of sp³-hybridized carbons (Fsp3) is 0.192. The molecular weight excluding hydrogens is 476 g/mol. The Kier molecular flexibility index (Phi) is 6.79. The van der Waals surface area contributed by atoms with Crippen LogP contribution in [0.1, 0.15) is 5.56 Å². The van der Waals surface area contributed by atoms with E-state index in [1.54, 1.807) is 30.5 Å². The van der Waals surface area contributed by atoms with Gasteiger partial charge in [-0.2, -0.15) is 4.31 Å². The lowest BCUT2D eigenvalue weighted by Crippen LogP contribution is -2.48. The summed E-state index contributed by atoms with van der Waals surface area (Å²) in [4.78, 5) is 6.55. The lowest BCUT2D eigenvalue weighted by molar-refractivity contribution is 0.383. The van der Waals surface area contributed by atoms with E-state index in [9.17, 15) is 8.42 Å². The zero-order valence-electron chi connectivity index (χ0n) is 19.8. The average molecular weight is 503 g/mol. The first-order chi connectivity index (χ1) is 17.5. The van der Waals surface area contributed by atoms with Crippen molar-refractivity contribution in [2.24, 2.45) is 0 Å². The first kappa shape index (κ1) is 23.7. The predicted molar refractivity (Wildman–Crippen MR) is 138 cm³/mol. The number of rotatable bonds is 7. The third-order valence-electron chi connectivity index (χ3n) is 5.83. The highest BCUT2D eigenvalue weighted by Gasteiger charge is 2.29. The summed E-state index contributed by atoms with van der Waals surface area (Å²) in [6.45, 7) is 3.76. The minimum Gasteiger partial charge on any atom is -0.457 e. The third-order valence-corrected chi connectivity index (χ3v) is 7.74. The van der Waals surface area contributed by atoms with Gasteiger partial charge in [0.15, 0.2) is 11.6 Å². The Hall–Kier alpha value is -4.02. The van der Waals surface area contributed by atoms with Crippen LogP contribution in [-0.4, -0.2) is 54.1 Å². The largest absolute Gasteiger partial charge is 0.457 e. The van der Waals surface area contributed by atoms with E-state index in [0.717, 1.165) is 5.56 Å². The number of pyridine rings is 1. The quantitative estimate of drug-likeness (QED) is 0.401. The Balaban J connectivity index is 1.18. The molecule has 3 heterocycles. The molecule has 2 aromatic carbocycles. The van der Waals surface area contributed by atoms with E-state index in [2.05, 4.69) is 20.5 Å². The number of nitrogens with one attached hydrogen (secondary N) is 1. The second kappa shape index (κ2) is 10.3. The Morgan fingerprint density at radius 1 is 0.806 bits per heavy atom. The van der Waals surface area contributed by atoms with E-state index in [0.29, 0.717) is 55.1 Å². The SMILES string of the molecule is Cc1ccnc(Nc2ccc(N3CCN(S(=O)(=O)c4ccc(Oc5ccccc5)cc4)CC3)nn2)c1. The number of hydrogen-bond acceptors (Lipinski definition) is 8. The second-order valence-corrected chi connectivity index (χ2v) is 10.3. The molecule has 36 heavy (non-hydrogen) atoms. The maximum atomic E-state index is 13.2. The lowest BCUT2D eigenvalue weighted by Gasteiger charge is -2.34. The van der Waals surface area contributed by atoms with Gasteiger partial charge >= 0.3 is 0 Å². The number of ether oxygens (including phenoxy) is 1. The van der Waals surface area contributed by atoms with Gasteiger partial charge in [-0.05, 0) is 73.2 Å². The smallest absolute Gasteiger partial charge is 0.243 e. The van der Waals surface area contributed by atoms with Gasteiger partial charge in [-0.3, -0.25) is 0 Å². The van der Waals surface area contributed by atoms with E-state index >= 15 is 0 Å². The van der Waals surface area contributed by atoms with Crippen molar-refractivity contribution in [2.75, 3.05) is 36.4 Å². The summed E-state index contributed by atoms with van der Waals surface area (Å²) in [5.41, 5.74) is 1.10. The standard InChI is InChI=1S/C26H26N6O3S/c1-20-13-14-27-25(19-20)28-24-11-12-26(30-29-24)31-15-17-32(18-16-31)36(33,34)23-9-7-22(8-10-23)35-21-5-3-2-4-6-21/h2-14,19H,15-18H2,1H3,(H,27,28,29). The Morgan fingerprint density at radius 3 is 2.19 bits per heavy atom. The number of anilines is 3. The van der Waals surface area contributed by atoms with Crippen LogP contribution in [0.3, 0.4) is 0 Å². The van der Waals surface area contributed by atoms with Crippen LogP contribution in [0.4, 0.5) is 17.5 Å². The van der Waals surface area contributed by atoms with Gasteiger partial charge in [0.1, 0.15) is 17.3 Å². The summed E-state index contributed by atoms with van der Waals surface area (Å²) >= 11 is 0. The third kappa shape index (κ3) is 5.45. The van der Waals surface area contributed by atoms with Gasteiger partial charge in [0.05, 0.1) is 4.90 Å². The van der Waals surface area contributed by atoms with Crippen LogP contribution < -0.4 is 15.0 Å². The number of sulfonamides is 1. The molecule has 0 amide bonds. The molecule has 4 aromatic rings. The summed E-state index contributed by atoms with van der Waals surface area (Å²) in [7, 11) is -3.60. The molecule has 1 aliphatic heterocycles. The molecule has 0 spiro atoms.